The quantitative estimate of drug-likeness (QED) is 0.666. The molecule has 0 saturated carbocycles. The molecular formula is C15H16N2O3. The second-order valence-corrected chi connectivity index (χ2v) is 4.52. The van der Waals surface area contributed by atoms with Gasteiger partial charge >= 0.3 is 0 Å². The van der Waals surface area contributed by atoms with Crippen molar-refractivity contribution in [3.05, 3.63) is 53.0 Å². The monoisotopic (exact) mass is 272 g/mol. The van der Waals surface area contributed by atoms with E-state index < -0.39 is 0 Å². The molecule has 0 atom stereocenters. The Labute approximate surface area is 116 Å². The molecule has 0 bridgehead atoms. The highest BCUT2D eigenvalue weighted by Gasteiger charge is 2.09. The molecule has 0 spiro atoms. The van der Waals surface area contributed by atoms with E-state index in [0.29, 0.717) is 11.3 Å². The molecule has 5 heteroatoms. The van der Waals surface area contributed by atoms with Crippen molar-refractivity contribution in [1.29, 1.82) is 0 Å². The average molecular weight is 272 g/mol. The Morgan fingerprint density at radius 2 is 2.05 bits per heavy atom. The third kappa shape index (κ3) is 3.06. The molecule has 0 radical (unpaired) electrons. The topological polar surface area (TPSA) is 74.8 Å². The molecular weight excluding hydrogens is 256 g/mol. The van der Waals surface area contributed by atoms with Crippen molar-refractivity contribution in [1.82, 2.24) is 5.43 Å². The highest BCUT2D eigenvalue weighted by atomic mass is 16.3. The molecule has 2 aromatic rings. The van der Waals surface area contributed by atoms with Gasteiger partial charge in [0.25, 0.3) is 5.91 Å². The van der Waals surface area contributed by atoms with Gasteiger partial charge in [-0.25, -0.2) is 5.43 Å². The fraction of sp³-hybridized carbons (Fsp3) is 0.200. The molecule has 0 unspecified atom stereocenters. The molecule has 1 heterocycles. The maximum absolute atomic E-state index is 11.9. The molecule has 2 rings (SSSR count). The van der Waals surface area contributed by atoms with Gasteiger partial charge in [0.2, 0.25) is 0 Å². The standard InChI is InChI=1S/C15H16N2O3/c1-9-7-14(11(3)20-9)10(2)16-17-15(19)12-5-4-6-13(18)8-12/h4-8,18H,1-3H3,(H,17,19). The minimum atomic E-state index is -0.377. The number of furan rings is 1. The summed E-state index contributed by atoms with van der Waals surface area (Å²) in [5.74, 6) is 1.22. The first-order valence-corrected chi connectivity index (χ1v) is 6.18. The van der Waals surface area contributed by atoms with Gasteiger partial charge < -0.3 is 9.52 Å². The number of carbonyl (C=O) groups is 1. The van der Waals surface area contributed by atoms with Crippen LogP contribution in [0.25, 0.3) is 0 Å². The number of hydrogen-bond donors (Lipinski definition) is 2. The van der Waals surface area contributed by atoms with E-state index in [1.165, 1.54) is 12.1 Å². The van der Waals surface area contributed by atoms with Gasteiger partial charge in [0.15, 0.2) is 0 Å². The first-order chi connectivity index (χ1) is 9.47. The highest BCUT2D eigenvalue weighted by molar-refractivity contribution is 6.01. The second-order valence-electron chi connectivity index (χ2n) is 4.52. The second kappa shape index (κ2) is 5.61. The molecule has 0 aliphatic heterocycles. The van der Waals surface area contributed by atoms with Crippen LogP contribution in [-0.2, 0) is 0 Å². The van der Waals surface area contributed by atoms with Crippen molar-refractivity contribution in [3.8, 4) is 5.75 Å². The number of aromatic hydroxyl groups is 1. The van der Waals surface area contributed by atoms with Crippen LogP contribution >= 0.6 is 0 Å². The van der Waals surface area contributed by atoms with Crippen molar-refractivity contribution in [2.24, 2.45) is 5.10 Å². The Kier molecular flexibility index (Phi) is 3.89. The van der Waals surface area contributed by atoms with Gasteiger partial charge in [0.05, 0.1) is 5.71 Å². The molecule has 5 nitrogen and oxygen atoms in total. The predicted octanol–water partition coefficient (Wildman–Crippen LogP) is 2.76. The van der Waals surface area contributed by atoms with Gasteiger partial charge in [-0.3, -0.25) is 4.79 Å². The largest absolute Gasteiger partial charge is 0.508 e. The molecule has 20 heavy (non-hydrogen) atoms. The molecule has 0 aliphatic rings. The fourth-order valence-corrected chi connectivity index (χ4v) is 1.90. The van der Waals surface area contributed by atoms with Gasteiger partial charge in [-0.1, -0.05) is 6.07 Å². The summed E-state index contributed by atoms with van der Waals surface area (Å²) >= 11 is 0. The van der Waals surface area contributed by atoms with Crippen LogP contribution in [0.3, 0.4) is 0 Å². The van der Waals surface area contributed by atoms with Crippen LogP contribution in [0.15, 0.2) is 39.9 Å². The lowest BCUT2D eigenvalue weighted by atomic mass is 10.2. The summed E-state index contributed by atoms with van der Waals surface area (Å²) in [4.78, 5) is 11.9. The fourth-order valence-electron chi connectivity index (χ4n) is 1.90. The van der Waals surface area contributed by atoms with Gasteiger partial charge in [0.1, 0.15) is 17.3 Å². The van der Waals surface area contributed by atoms with E-state index >= 15 is 0 Å². The van der Waals surface area contributed by atoms with Gasteiger partial charge in [-0.15, -0.1) is 0 Å². The highest BCUT2D eigenvalue weighted by Crippen LogP contribution is 2.14. The number of amides is 1. The zero-order valence-corrected chi connectivity index (χ0v) is 11.6. The predicted molar refractivity (Wildman–Crippen MR) is 76.0 cm³/mol. The Bertz CT molecular complexity index is 672. The lowest BCUT2D eigenvalue weighted by Gasteiger charge is -2.02. The summed E-state index contributed by atoms with van der Waals surface area (Å²) in [5.41, 5.74) is 4.33. The Morgan fingerprint density at radius 3 is 2.65 bits per heavy atom. The summed E-state index contributed by atoms with van der Waals surface area (Å²) in [6.07, 6.45) is 0. The number of aryl methyl sites for hydroxylation is 2. The van der Waals surface area contributed by atoms with Crippen molar-refractivity contribution < 1.29 is 14.3 Å². The molecule has 0 saturated heterocycles. The smallest absolute Gasteiger partial charge is 0.271 e. The third-order valence-electron chi connectivity index (χ3n) is 2.86. The van der Waals surface area contributed by atoms with E-state index in [-0.39, 0.29) is 11.7 Å². The normalized spacial score (nSPS) is 11.4. The number of hydrazone groups is 1. The van der Waals surface area contributed by atoms with Crippen LogP contribution in [0.2, 0.25) is 0 Å². The number of rotatable bonds is 3. The number of phenols is 1. The molecule has 2 N–H and O–H groups in total. The number of phenolic OH excluding ortho intramolecular Hbond substituents is 1. The SMILES string of the molecule is CC(=NNC(=O)c1cccc(O)c1)c1cc(C)oc1C. The average Bonchev–Trinajstić information content (AvgIpc) is 2.74. The molecule has 0 fully saturated rings. The van der Waals surface area contributed by atoms with Crippen LogP contribution in [0.5, 0.6) is 5.75 Å². The number of nitrogens with zero attached hydrogens (tertiary/aromatic N) is 1. The van der Waals surface area contributed by atoms with Crippen molar-refractivity contribution in [2.45, 2.75) is 20.8 Å². The lowest BCUT2D eigenvalue weighted by Crippen LogP contribution is -2.19. The van der Waals surface area contributed by atoms with E-state index in [9.17, 15) is 9.90 Å². The first-order valence-electron chi connectivity index (χ1n) is 6.18. The minimum absolute atomic E-state index is 0.0413. The van der Waals surface area contributed by atoms with Crippen LogP contribution in [0.1, 0.15) is 34.4 Å². The molecule has 1 amide bonds. The molecule has 1 aromatic carbocycles. The van der Waals surface area contributed by atoms with Crippen molar-refractivity contribution in [2.75, 3.05) is 0 Å². The zero-order chi connectivity index (χ0) is 14.7. The van der Waals surface area contributed by atoms with E-state index in [2.05, 4.69) is 10.5 Å². The van der Waals surface area contributed by atoms with Crippen molar-refractivity contribution in [3.63, 3.8) is 0 Å². The number of carbonyl (C=O) groups excluding carboxylic acids is 1. The summed E-state index contributed by atoms with van der Waals surface area (Å²) < 4.78 is 5.42. The summed E-state index contributed by atoms with van der Waals surface area (Å²) in [6.45, 7) is 5.49. The zero-order valence-electron chi connectivity index (χ0n) is 11.6. The van der Waals surface area contributed by atoms with Crippen LogP contribution in [-0.4, -0.2) is 16.7 Å². The Hall–Kier alpha value is -2.56. The lowest BCUT2D eigenvalue weighted by molar-refractivity contribution is 0.0954. The summed E-state index contributed by atoms with van der Waals surface area (Å²) in [5, 5.41) is 13.4. The van der Waals surface area contributed by atoms with Gasteiger partial charge in [-0.05, 0) is 45.0 Å². The van der Waals surface area contributed by atoms with E-state index in [0.717, 1.165) is 17.1 Å². The number of nitrogens with one attached hydrogen (secondary N) is 1. The van der Waals surface area contributed by atoms with Crippen LogP contribution in [0, 0.1) is 13.8 Å². The van der Waals surface area contributed by atoms with Gasteiger partial charge in [0, 0.05) is 11.1 Å². The maximum atomic E-state index is 11.9. The van der Waals surface area contributed by atoms with E-state index in [1.807, 2.05) is 19.9 Å². The van der Waals surface area contributed by atoms with Crippen LogP contribution < -0.4 is 5.43 Å². The summed E-state index contributed by atoms with van der Waals surface area (Å²) in [7, 11) is 0. The molecule has 0 aliphatic carbocycles. The van der Waals surface area contributed by atoms with Gasteiger partial charge in [-0.2, -0.15) is 5.10 Å². The molecule has 1 aromatic heterocycles. The molecule has 104 valence electrons. The third-order valence-corrected chi connectivity index (χ3v) is 2.86. The van der Waals surface area contributed by atoms with E-state index in [4.69, 9.17) is 4.42 Å². The minimum Gasteiger partial charge on any atom is -0.508 e. The van der Waals surface area contributed by atoms with E-state index in [1.54, 1.807) is 19.1 Å². The Morgan fingerprint density at radius 1 is 1.30 bits per heavy atom. The Balaban J connectivity index is 2.13. The summed E-state index contributed by atoms with van der Waals surface area (Å²) in [6, 6.07) is 7.96. The first kappa shape index (κ1) is 13.9. The number of hydrogen-bond acceptors (Lipinski definition) is 4. The van der Waals surface area contributed by atoms with Crippen LogP contribution in [0.4, 0.5) is 0 Å². The number of benzene rings is 1. The maximum Gasteiger partial charge on any atom is 0.271 e. The van der Waals surface area contributed by atoms with Crippen molar-refractivity contribution >= 4 is 11.6 Å².